The van der Waals surface area contributed by atoms with Crippen molar-refractivity contribution >= 4 is 70.9 Å². The number of hydrogen-bond donors (Lipinski definition) is 0. The average Bonchev–Trinajstić information content (AvgIpc) is 3.88. The average molecular weight is 840 g/mol. The molecule has 0 bridgehead atoms. The van der Waals surface area contributed by atoms with Gasteiger partial charge in [-0.2, -0.15) is 0 Å². The van der Waals surface area contributed by atoms with Gasteiger partial charge >= 0.3 is 205 Å². The fraction of sp³-hybridized carbons (Fsp3) is 0.0455. The maximum atomic E-state index is 8.23. The van der Waals surface area contributed by atoms with Crippen molar-refractivity contribution in [1.82, 2.24) is 23.1 Å². The third-order valence-electron chi connectivity index (χ3n) is 10.1. The minimum absolute atomic E-state index is 0.525. The second kappa shape index (κ2) is 10.5. The van der Waals surface area contributed by atoms with Gasteiger partial charge in [0.15, 0.2) is 0 Å². The summed E-state index contributed by atoms with van der Waals surface area (Å²) >= 11 is 2.08. The van der Waals surface area contributed by atoms with E-state index in [2.05, 4.69) is 101 Å². The first-order chi connectivity index (χ1) is 26.3. The topological polar surface area (TPSA) is 41.3 Å². The molecule has 0 fully saturated rings. The molecule has 0 N–H and O–H groups in total. The number of imidazole rings is 1. The number of aryl methyl sites for hydroxylation is 2. The van der Waals surface area contributed by atoms with E-state index in [0.717, 1.165) is 44.2 Å². The molecule has 51 heavy (non-hydrogen) atoms. The number of pyridine rings is 1. The molecule has 0 spiro atoms. The van der Waals surface area contributed by atoms with E-state index in [0.29, 0.717) is 26.5 Å². The Balaban J connectivity index is 1.11. The molecule has 5 aromatic heterocycles. The summed E-state index contributed by atoms with van der Waals surface area (Å²) in [5, 5.41) is 7.06. The molecule has 0 aliphatic carbocycles. The summed E-state index contributed by atoms with van der Waals surface area (Å²) < 4.78 is 39.7. The van der Waals surface area contributed by atoms with Crippen LogP contribution in [-0.2, 0) is 26.3 Å². The summed E-state index contributed by atoms with van der Waals surface area (Å²) in [4.78, 5) is 4.80. The van der Waals surface area contributed by atoms with Crippen molar-refractivity contribution in [2.75, 3.05) is 0 Å². The Bertz CT molecular complexity index is 3390. The molecule has 0 aliphatic heterocycles. The monoisotopic (exact) mass is 839 g/mol. The van der Waals surface area contributed by atoms with Gasteiger partial charge < -0.3 is 4.40 Å². The zero-order valence-electron chi connectivity index (χ0n) is 30.1. The van der Waals surface area contributed by atoms with Crippen molar-refractivity contribution in [3.05, 3.63) is 149 Å². The standard InChI is InChI=1S/C44H27N5O.Pt/c1-27-17-18-28(47-26-46(2)37-14-5-6-15-38(37)47)22-42(27)50-29-19-20-31-34-24-35-33-12-9-11-32-30-10-3-4-13-36(30)49(44(32)33)41(35)25-40(34)48(39(31)23-29)43-16-7-8-21-45-43;/h3-21,24-25H,1-2H3;/q-2;/i2D3;. The van der Waals surface area contributed by atoms with E-state index >= 15 is 0 Å². The van der Waals surface area contributed by atoms with E-state index < -0.39 is 6.98 Å². The van der Waals surface area contributed by atoms with Gasteiger partial charge in [0.05, 0.1) is 16.6 Å². The molecular formula is C44H27N5OPt-2. The fourth-order valence-electron chi connectivity index (χ4n) is 7.86. The third-order valence-corrected chi connectivity index (χ3v) is 11.1. The quantitative estimate of drug-likeness (QED) is 0.166. The van der Waals surface area contributed by atoms with Crippen LogP contribution in [0.4, 0.5) is 0 Å². The second-order valence-corrected chi connectivity index (χ2v) is 13.9. The van der Waals surface area contributed by atoms with Crippen molar-refractivity contribution in [2.24, 2.45) is 6.98 Å². The summed E-state index contributed by atoms with van der Waals surface area (Å²) in [6.45, 7) is -0.379. The molecule has 0 saturated heterocycles. The second-order valence-electron chi connectivity index (χ2n) is 12.9. The number of benzene rings is 6. The molecule has 5 heterocycles. The van der Waals surface area contributed by atoms with Crippen LogP contribution >= 0.6 is 0 Å². The first-order valence-electron chi connectivity index (χ1n) is 18.1. The Hall–Kier alpha value is -5.97. The molecule has 6 aromatic carbocycles. The summed E-state index contributed by atoms with van der Waals surface area (Å²) in [5.74, 6) is 1.84. The van der Waals surface area contributed by atoms with Gasteiger partial charge in [-0.15, -0.1) is 0 Å². The Kier molecular flexibility index (Phi) is 5.35. The normalized spacial score (nSPS) is 13.4. The molecule has 0 amide bonds. The zero-order valence-corrected chi connectivity index (χ0v) is 29.4. The van der Waals surface area contributed by atoms with Crippen LogP contribution in [-0.4, -0.2) is 23.1 Å². The third kappa shape index (κ3) is 3.97. The number of hydrogen-bond acceptors (Lipinski definition) is 2. The molecule has 6 nitrogen and oxygen atoms in total. The summed E-state index contributed by atoms with van der Waals surface area (Å²) in [6, 6.07) is 48.3. The number of aromatic nitrogens is 5. The van der Waals surface area contributed by atoms with Crippen LogP contribution in [0.15, 0.2) is 128 Å². The van der Waals surface area contributed by atoms with E-state index in [1.807, 2.05) is 78.4 Å². The van der Waals surface area contributed by atoms with E-state index in [1.54, 1.807) is 0 Å². The molecule has 0 unspecified atom stereocenters. The fourth-order valence-corrected chi connectivity index (χ4v) is 8.68. The molecule has 0 radical (unpaired) electrons. The predicted molar refractivity (Wildman–Crippen MR) is 201 cm³/mol. The SMILES string of the molecule is [2H]C([2H])([2H])n1[c](=[Pt])n(-c2[c-]c(Oc3[c-]c4c(cc3)c3cc5c6cccc7c8ccccc8n(c5cc3n4-c3ccccn3)c76)c(C)cc2)c2ccccc21. The molecule has 0 saturated carbocycles. The van der Waals surface area contributed by atoms with E-state index in [4.69, 9.17) is 13.8 Å². The van der Waals surface area contributed by atoms with Crippen molar-refractivity contribution in [3.8, 4) is 23.0 Å². The van der Waals surface area contributed by atoms with Crippen LogP contribution in [0.3, 0.4) is 0 Å². The van der Waals surface area contributed by atoms with Crippen LogP contribution in [0.25, 0.3) is 82.4 Å². The first-order valence-corrected chi connectivity index (χ1v) is 17.8. The molecule has 11 rings (SSSR count). The number of rotatable bonds is 4. The van der Waals surface area contributed by atoms with Crippen molar-refractivity contribution in [3.63, 3.8) is 0 Å². The van der Waals surface area contributed by atoms with Gasteiger partial charge in [0.25, 0.3) is 0 Å². The predicted octanol–water partition coefficient (Wildman–Crippen LogP) is 10.4. The van der Waals surface area contributed by atoms with E-state index in [9.17, 15) is 0 Å². The number of para-hydroxylation sites is 4. The van der Waals surface area contributed by atoms with Crippen LogP contribution in [0.5, 0.6) is 11.5 Å². The maximum absolute atomic E-state index is 8.23. The van der Waals surface area contributed by atoms with Crippen molar-refractivity contribution < 1.29 is 28.2 Å². The van der Waals surface area contributed by atoms with Crippen LogP contribution in [0.2, 0.25) is 0 Å². The van der Waals surface area contributed by atoms with Gasteiger partial charge in [-0.25, -0.2) is 0 Å². The van der Waals surface area contributed by atoms with E-state index in [-0.39, 0.29) is 0 Å². The Morgan fingerprint density at radius 2 is 1.41 bits per heavy atom. The van der Waals surface area contributed by atoms with Gasteiger partial charge in [0.2, 0.25) is 0 Å². The molecule has 0 atom stereocenters. The molecule has 246 valence electrons. The number of ether oxygens (including phenoxy) is 1. The molecule has 11 aromatic rings. The van der Waals surface area contributed by atoms with Crippen molar-refractivity contribution in [1.29, 1.82) is 0 Å². The summed E-state index contributed by atoms with van der Waals surface area (Å²) in [7, 11) is 0. The van der Waals surface area contributed by atoms with Crippen molar-refractivity contribution in [2.45, 2.75) is 6.92 Å². The van der Waals surface area contributed by atoms with E-state index in [1.165, 1.54) is 37.1 Å². The van der Waals surface area contributed by atoms with Crippen LogP contribution in [0, 0.1) is 22.9 Å². The summed E-state index contributed by atoms with van der Waals surface area (Å²) in [6.07, 6.45) is 1.81. The Labute approximate surface area is 306 Å². The number of nitrogens with zero attached hydrogens (tertiary/aromatic N) is 5. The van der Waals surface area contributed by atoms with Gasteiger partial charge in [0.1, 0.15) is 0 Å². The summed E-state index contributed by atoms with van der Waals surface area (Å²) in [5.41, 5.74) is 8.37. The van der Waals surface area contributed by atoms with Crippen LogP contribution in [0.1, 0.15) is 9.68 Å². The van der Waals surface area contributed by atoms with Gasteiger partial charge in [-0.1, -0.05) is 42.5 Å². The zero-order chi connectivity index (χ0) is 36.5. The molecular weight excluding hydrogens is 810 g/mol. The molecule has 0 aliphatic rings. The van der Waals surface area contributed by atoms with Gasteiger partial charge in [-0.05, 0) is 12.1 Å². The minimum atomic E-state index is -2.35. The van der Waals surface area contributed by atoms with Gasteiger partial charge in [0, 0.05) is 27.7 Å². The van der Waals surface area contributed by atoms with Gasteiger partial charge in [-0.3, -0.25) is 0 Å². The molecule has 7 heteroatoms. The number of fused-ring (bicyclic) bond motifs is 10. The Morgan fingerprint density at radius 1 is 0.647 bits per heavy atom. The Morgan fingerprint density at radius 3 is 2.25 bits per heavy atom. The van der Waals surface area contributed by atoms with Crippen LogP contribution < -0.4 is 4.74 Å². The first kappa shape index (κ1) is 25.9.